The quantitative estimate of drug-likeness (QED) is 0.836. The van der Waals surface area contributed by atoms with E-state index < -0.39 is 11.7 Å². The van der Waals surface area contributed by atoms with Crippen molar-refractivity contribution < 1.29 is 13.2 Å². The zero-order chi connectivity index (χ0) is 16.3. The maximum atomic E-state index is 12.7. The standard InChI is InChI=1S/C15H22BrF3N2/c1-14(2,3)20-7-8-21(4)10-11-9-12(15(17,18)19)5-6-13(11)16/h5-6,9,20H,7-8,10H2,1-4H3. The highest BCUT2D eigenvalue weighted by Crippen LogP contribution is 2.32. The summed E-state index contributed by atoms with van der Waals surface area (Å²) < 4.78 is 38.9. The lowest BCUT2D eigenvalue weighted by molar-refractivity contribution is -0.137. The van der Waals surface area contributed by atoms with Gasteiger partial charge in [-0.05, 0) is 51.6 Å². The minimum Gasteiger partial charge on any atom is -0.311 e. The molecule has 2 nitrogen and oxygen atoms in total. The number of likely N-dealkylation sites (N-methyl/N-ethyl adjacent to an activating group) is 1. The molecule has 0 heterocycles. The van der Waals surface area contributed by atoms with Gasteiger partial charge in [0.15, 0.2) is 0 Å². The van der Waals surface area contributed by atoms with Crippen molar-refractivity contribution in [2.45, 2.75) is 39.0 Å². The third-order valence-electron chi connectivity index (χ3n) is 2.96. The van der Waals surface area contributed by atoms with Crippen molar-refractivity contribution in [3.05, 3.63) is 33.8 Å². The lowest BCUT2D eigenvalue weighted by atomic mass is 10.1. The van der Waals surface area contributed by atoms with Crippen LogP contribution in [0.4, 0.5) is 13.2 Å². The van der Waals surface area contributed by atoms with Crippen LogP contribution in [0.2, 0.25) is 0 Å². The molecule has 0 radical (unpaired) electrons. The predicted octanol–water partition coefficient (Wildman–Crippen LogP) is 4.29. The monoisotopic (exact) mass is 366 g/mol. The van der Waals surface area contributed by atoms with Gasteiger partial charge in [0.1, 0.15) is 0 Å². The first-order chi connectivity index (χ1) is 9.49. The fourth-order valence-corrected chi connectivity index (χ4v) is 2.24. The van der Waals surface area contributed by atoms with Crippen LogP contribution in [0.3, 0.4) is 0 Å². The first-order valence-corrected chi connectivity index (χ1v) is 7.57. The number of nitrogens with zero attached hydrogens (tertiary/aromatic N) is 1. The number of hydrogen-bond donors (Lipinski definition) is 1. The highest BCUT2D eigenvalue weighted by molar-refractivity contribution is 9.10. The van der Waals surface area contributed by atoms with Crippen LogP contribution < -0.4 is 5.32 Å². The first kappa shape index (κ1) is 18.5. The Balaban J connectivity index is 2.65. The Bertz CT molecular complexity index is 467. The Kier molecular flexibility index (Phi) is 6.25. The van der Waals surface area contributed by atoms with Crippen LogP contribution in [-0.2, 0) is 12.7 Å². The van der Waals surface area contributed by atoms with E-state index in [1.165, 1.54) is 12.1 Å². The van der Waals surface area contributed by atoms with Gasteiger partial charge in [0, 0.05) is 29.6 Å². The van der Waals surface area contributed by atoms with Gasteiger partial charge >= 0.3 is 6.18 Å². The van der Waals surface area contributed by atoms with E-state index in [0.717, 1.165) is 19.2 Å². The van der Waals surface area contributed by atoms with Gasteiger partial charge in [-0.2, -0.15) is 13.2 Å². The maximum Gasteiger partial charge on any atom is 0.416 e. The molecule has 0 fully saturated rings. The number of nitrogens with one attached hydrogen (secondary N) is 1. The second kappa shape index (κ2) is 7.11. The van der Waals surface area contributed by atoms with Gasteiger partial charge in [-0.15, -0.1) is 0 Å². The van der Waals surface area contributed by atoms with Crippen LogP contribution in [0.1, 0.15) is 31.9 Å². The molecule has 6 heteroatoms. The average molecular weight is 367 g/mol. The molecule has 0 spiro atoms. The maximum absolute atomic E-state index is 12.7. The van der Waals surface area contributed by atoms with Gasteiger partial charge in [0.2, 0.25) is 0 Å². The second-order valence-electron chi connectivity index (χ2n) is 6.22. The minimum absolute atomic E-state index is 0.0393. The molecule has 0 aliphatic heterocycles. The fraction of sp³-hybridized carbons (Fsp3) is 0.600. The lowest BCUT2D eigenvalue weighted by Crippen LogP contribution is -2.40. The van der Waals surface area contributed by atoms with Crippen LogP contribution in [-0.4, -0.2) is 30.6 Å². The molecule has 0 saturated carbocycles. The van der Waals surface area contributed by atoms with E-state index in [9.17, 15) is 13.2 Å². The van der Waals surface area contributed by atoms with Gasteiger partial charge in [-0.25, -0.2) is 0 Å². The Hall–Kier alpha value is -0.590. The molecule has 0 aliphatic rings. The molecule has 1 aromatic rings. The molecular formula is C15H22BrF3N2. The van der Waals surface area contributed by atoms with E-state index in [1.54, 1.807) is 0 Å². The Morgan fingerprint density at radius 1 is 1.19 bits per heavy atom. The second-order valence-corrected chi connectivity index (χ2v) is 7.07. The zero-order valence-electron chi connectivity index (χ0n) is 12.8. The van der Waals surface area contributed by atoms with E-state index in [2.05, 4.69) is 42.0 Å². The number of alkyl halides is 3. The molecule has 0 amide bonds. The summed E-state index contributed by atoms with van der Waals surface area (Å²) >= 11 is 3.32. The van der Waals surface area contributed by atoms with Gasteiger partial charge in [0.05, 0.1) is 5.56 Å². The summed E-state index contributed by atoms with van der Waals surface area (Å²) in [4.78, 5) is 2.00. The fourth-order valence-electron chi connectivity index (χ4n) is 1.86. The molecule has 1 aromatic carbocycles. The van der Waals surface area contributed by atoms with Crippen molar-refractivity contribution in [3.63, 3.8) is 0 Å². The summed E-state index contributed by atoms with van der Waals surface area (Å²) in [6.45, 7) is 8.26. The molecule has 0 aromatic heterocycles. The molecule has 120 valence electrons. The summed E-state index contributed by atoms with van der Waals surface area (Å²) in [6, 6.07) is 3.76. The van der Waals surface area contributed by atoms with Crippen LogP contribution >= 0.6 is 15.9 Å². The van der Waals surface area contributed by atoms with Crippen molar-refractivity contribution in [3.8, 4) is 0 Å². The molecule has 0 unspecified atom stereocenters. The molecular weight excluding hydrogens is 345 g/mol. The molecule has 0 atom stereocenters. The Morgan fingerprint density at radius 2 is 1.81 bits per heavy atom. The lowest BCUT2D eigenvalue weighted by Gasteiger charge is -2.24. The highest BCUT2D eigenvalue weighted by atomic mass is 79.9. The Labute approximate surface area is 132 Å². The van der Waals surface area contributed by atoms with Crippen molar-refractivity contribution in [2.24, 2.45) is 0 Å². The molecule has 1 rings (SSSR count). The average Bonchev–Trinajstić information content (AvgIpc) is 2.28. The normalized spacial score (nSPS) is 13.0. The largest absolute Gasteiger partial charge is 0.416 e. The predicted molar refractivity (Wildman–Crippen MR) is 83.2 cm³/mol. The summed E-state index contributed by atoms with van der Waals surface area (Å²) in [5, 5.41) is 3.36. The smallest absolute Gasteiger partial charge is 0.311 e. The SMILES string of the molecule is CN(CCNC(C)(C)C)Cc1cc(C(F)(F)F)ccc1Br. The molecule has 0 saturated heterocycles. The molecule has 0 bridgehead atoms. The number of benzene rings is 1. The summed E-state index contributed by atoms with van der Waals surface area (Å²) in [6.07, 6.45) is -4.30. The number of rotatable bonds is 5. The van der Waals surface area contributed by atoms with E-state index in [4.69, 9.17) is 0 Å². The van der Waals surface area contributed by atoms with E-state index in [-0.39, 0.29) is 5.54 Å². The van der Waals surface area contributed by atoms with Crippen LogP contribution in [0.5, 0.6) is 0 Å². The first-order valence-electron chi connectivity index (χ1n) is 6.78. The van der Waals surface area contributed by atoms with Crippen molar-refractivity contribution in [1.29, 1.82) is 0 Å². The topological polar surface area (TPSA) is 15.3 Å². The summed E-state index contributed by atoms with van der Waals surface area (Å²) in [7, 11) is 1.90. The van der Waals surface area contributed by atoms with Gasteiger partial charge < -0.3 is 10.2 Å². The summed E-state index contributed by atoms with van der Waals surface area (Å²) in [5.41, 5.74) is 0.0717. The third-order valence-corrected chi connectivity index (χ3v) is 3.74. The zero-order valence-corrected chi connectivity index (χ0v) is 14.4. The molecule has 1 N–H and O–H groups in total. The van der Waals surface area contributed by atoms with E-state index in [1.807, 2.05) is 11.9 Å². The Morgan fingerprint density at radius 3 is 2.33 bits per heavy atom. The van der Waals surface area contributed by atoms with Gasteiger partial charge in [-0.1, -0.05) is 15.9 Å². The van der Waals surface area contributed by atoms with Crippen molar-refractivity contribution >= 4 is 15.9 Å². The van der Waals surface area contributed by atoms with E-state index in [0.29, 0.717) is 16.6 Å². The van der Waals surface area contributed by atoms with Crippen LogP contribution in [0.15, 0.2) is 22.7 Å². The van der Waals surface area contributed by atoms with Gasteiger partial charge in [0.25, 0.3) is 0 Å². The van der Waals surface area contributed by atoms with Crippen molar-refractivity contribution in [2.75, 3.05) is 20.1 Å². The van der Waals surface area contributed by atoms with Crippen molar-refractivity contribution in [1.82, 2.24) is 10.2 Å². The summed E-state index contributed by atoms with van der Waals surface area (Å²) in [5.74, 6) is 0. The molecule has 21 heavy (non-hydrogen) atoms. The third kappa shape index (κ3) is 6.80. The van der Waals surface area contributed by atoms with Crippen LogP contribution in [0, 0.1) is 0 Å². The highest BCUT2D eigenvalue weighted by Gasteiger charge is 2.30. The molecule has 0 aliphatic carbocycles. The van der Waals surface area contributed by atoms with Gasteiger partial charge in [-0.3, -0.25) is 0 Å². The van der Waals surface area contributed by atoms with E-state index >= 15 is 0 Å². The minimum atomic E-state index is -4.30. The van der Waals surface area contributed by atoms with Crippen LogP contribution in [0.25, 0.3) is 0 Å². The number of hydrogen-bond acceptors (Lipinski definition) is 2. The number of halogens is 4.